The molecule has 108 valence electrons. The Morgan fingerprint density at radius 2 is 1.68 bits per heavy atom. The van der Waals surface area contributed by atoms with E-state index in [1.807, 2.05) is 6.08 Å². The molecule has 19 heavy (non-hydrogen) atoms. The Balaban J connectivity index is 3.73. The molecule has 0 amide bonds. The summed E-state index contributed by atoms with van der Waals surface area (Å²) in [6.07, 6.45) is 7.74. The number of aliphatic carboxylic acids is 1. The molecule has 0 radical (unpaired) electrons. The highest BCUT2D eigenvalue weighted by Crippen LogP contribution is 2.04. The largest absolute Gasteiger partial charge is 0.478 e. The van der Waals surface area contributed by atoms with Gasteiger partial charge in [0, 0.05) is 11.1 Å². The average molecular weight is 268 g/mol. The molecule has 0 atom stereocenters. The minimum atomic E-state index is -0.886. The third kappa shape index (κ3) is 9.05. The van der Waals surface area contributed by atoms with E-state index in [2.05, 4.69) is 6.92 Å². The Morgan fingerprint density at radius 1 is 1.05 bits per heavy atom. The van der Waals surface area contributed by atoms with Gasteiger partial charge in [0.15, 0.2) is 0 Å². The summed E-state index contributed by atoms with van der Waals surface area (Å²) in [4.78, 5) is 22.0. The lowest BCUT2D eigenvalue weighted by Gasteiger charge is -2.04. The Labute approximate surface area is 115 Å². The van der Waals surface area contributed by atoms with Gasteiger partial charge in [-0.05, 0) is 39.5 Å². The third-order valence-corrected chi connectivity index (χ3v) is 2.68. The van der Waals surface area contributed by atoms with E-state index in [0.29, 0.717) is 24.2 Å². The number of carbonyl (C=O) groups excluding carboxylic acids is 1. The molecule has 0 bridgehead atoms. The van der Waals surface area contributed by atoms with Gasteiger partial charge in [0.25, 0.3) is 0 Å². The number of unbranched alkanes of at least 4 members (excludes halogenated alkanes) is 3. The maximum Gasteiger partial charge on any atom is 0.333 e. The number of carboxylic acids is 1. The minimum absolute atomic E-state index is 0.259. The standard InChI is InChI=1S/C15H24O4/c1-4-5-9-13(3)15(18)19-11-8-6-7-10-12(2)14(16)17/h9-10H,4-8,11H2,1-3H3,(H,16,17). The second kappa shape index (κ2) is 10.4. The summed E-state index contributed by atoms with van der Waals surface area (Å²) >= 11 is 0. The molecule has 0 aliphatic heterocycles. The summed E-state index contributed by atoms with van der Waals surface area (Å²) in [7, 11) is 0. The van der Waals surface area contributed by atoms with Crippen molar-refractivity contribution in [3.05, 3.63) is 23.3 Å². The fraction of sp³-hybridized carbons (Fsp3) is 0.600. The Hall–Kier alpha value is -1.58. The topological polar surface area (TPSA) is 63.6 Å². The van der Waals surface area contributed by atoms with Gasteiger partial charge in [-0.3, -0.25) is 0 Å². The van der Waals surface area contributed by atoms with Crippen molar-refractivity contribution >= 4 is 11.9 Å². The highest BCUT2D eigenvalue weighted by atomic mass is 16.5. The van der Waals surface area contributed by atoms with Gasteiger partial charge in [0.1, 0.15) is 0 Å². The minimum Gasteiger partial charge on any atom is -0.478 e. The predicted octanol–water partition coefficient (Wildman–Crippen LogP) is 3.48. The van der Waals surface area contributed by atoms with Crippen LogP contribution in [-0.2, 0) is 14.3 Å². The van der Waals surface area contributed by atoms with E-state index in [1.54, 1.807) is 19.9 Å². The van der Waals surface area contributed by atoms with Crippen LogP contribution in [0.5, 0.6) is 0 Å². The maximum absolute atomic E-state index is 11.5. The number of carbonyl (C=O) groups is 2. The first kappa shape index (κ1) is 17.4. The molecule has 0 saturated heterocycles. The van der Waals surface area contributed by atoms with Crippen LogP contribution in [0.3, 0.4) is 0 Å². The number of carboxylic acid groups (broad SMARTS) is 1. The Bertz CT molecular complexity index is 353. The van der Waals surface area contributed by atoms with Gasteiger partial charge in [0.05, 0.1) is 6.61 Å². The summed E-state index contributed by atoms with van der Waals surface area (Å²) in [5.74, 6) is -1.14. The van der Waals surface area contributed by atoms with Crippen LogP contribution in [0.1, 0.15) is 52.9 Å². The smallest absolute Gasteiger partial charge is 0.333 e. The lowest BCUT2D eigenvalue weighted by atomic mass is 10.2. The Morgan fingerprint density at radius 3 is 2.26 bits per heavy atom. The Kier molecular flexibility index (Phi) is 9.49. The lowest BCUT2D eigenvalue weighted by Crippen LogP contribution is -2.07. The molecular formula is C15H24O4. The molecule has 0 spiro atoms. The van der Waals surface area contributed by atoms with E-state index in [0.717, 1.165) is 25.7 Å². The zero-order chi connectivity index (χ0) is 14.7. The molecule has 0 rings (SSSR count). The number of ether oxygens (including phenoxy) is 1. The average Bonchev–Trinajstić information content (AvgIpc) is 2.38. The number of allylic oxidation sites excluding steroid dienone is 2. The van der Waals surface area contributed by atoms with Crippen LogP contribution in [0.2, 0.25) is 0 Å². The van der Waals surface area contributed by atoms with E-state index in [1.165, 1.54) is 0 Å². The molecule has 1 N–H and O–H groups in total. The summed E-state index contributed by atoms with van der Waals surface area (Å²) in [6, 6.07) is 0. The molecule has 0 saturated carbocycles. The van der Waals surface area contributed by atoms with Crippen molar-refractivity contribution in [3.8, 4) is 0 Å². The van der Waals surface area contributed by atoms with E-state index < -0.39 is 5.97 Å². The molecule has 0 aliphatic carbocycles. The second-order valence-electron chi connectivity index (χ2n) is 4.50. The first-order valence-corrected chi connectivity index (χ1v) is 6.73. The van der Waals surface area contributed by atoms with Crippen LogP contribution in [0.4, 0.5) is 0 Å². The third-order valence-electron chi connectivity index (χ3n) is 2.68. The van der Waals surface area contributed by atoms with Crippen LogP contribution in [-0.4, -0.2) is 23.7 Å². The number of esters is 1. The van der Waals surface area contributed by atoms with Gasteiger partial charge >= 0.3 is 11.9 Å². The molecule has 0 fully saturated rings. The van der Waals surface area contributed by atoms with Crippen LogP contribution in [0.15, 0.2) is 23.3 Å². The van der Waals surface area contributed by atoms with Gasteiger partial charge in [-0.1, -0.05) is 25.5 Å². The monoisotopic (exact) mass is 268 g/mol. The molecule has 0 aromatic rings. The zero-order valence-corrected chi connectivity index (χ0v) is 12.1. The highest BCUT2D eigenvalue weighted by Gasteiger charge is 2.04. The van der Waals surface area contributed by atoms with Gasteiger partial charge in [-0.15, -0.1) is 0 Å². The van der Waals surface area contributed by atoms with Crippen molar-refractivity contribution in [3.63, 3.8) is 0 Å². The molecule has 0 aromatic carbocycles. The number of hydrogen-bond donors (Lipinski definition) is 1. The van der Waals surface area contributed by atoms with Crippen molar-refractivity contribution in [1.29, 1.82) is 0 Å². The van der Waals surface area contributed by atoms with Crippen molar-refractivity contribution in [1.82, 2.24) is 0 Å². The first-order chi connectivity index (χ1) is 8.99. The first-order valence-electron chi connectivity index (χ1n) is 6.73. The highest BCUT2D eigenvalue weighted by molar-refractivity contribution is 5.87. The lowest BCUT2D eigenvalue weighted by molar-refractivity contribution is -0.139. The van der Waals surface area contributed by atoms with Crippen LogP contribution >= 0.6 is 0 Å². The molecular weight excluding hydrogens is 244 g/mol. The molecule has 0 unspecified atom stereocenters. The van der Waals surface area contributed by atoms with Crippen LogP contribution in [0, 0.1) is 0 Å². The quantitative estimate of drug-likeness (QED) is 0.395. The van der Waals surface area contributed by atoms with Crippen LogP contribution < -0.4 is 0 Å². The van der Waals surface area contributed by atoms with Crippen molar-refractivity contribution in [2.75, 3.05) is 6.61 Å². The van der Waals surface area contributed by atoms with E-state index in [9.17, 15) is 9.59 Å². The van der Waals surface area contributed by atoms with Gasteiger partial charge < -0.3 is 9.84 Å². The molecule has 0 aliphatic rings. The molecule has 4 nitrogen and oxygen atoms in total. The van der Waals surface area contributed by atoms with E-state index >= 15 is 0 Å². The number of rotatable bonds is 9. The van der Waals surface area contributed by atoms with Crippen molar-refractivity contribution in [2.45, 2.75) is 52.9 Å². The maximum atomic E-state index is 11.5. The van der Waals surface area contributed by atoms with Gasteiger partial charge in [-0.2, -0.15) is 0 Å². The summed E-state index contributed by atoms with van der Waals surface area (Å²) in [6.45, 7) is 5.78. The molecule has 0 heterocycles. The summed E-state index contributed by atoms with van der Waals surface area (Å²) in [5, 5.41) is 8.65. The van der Waals surface area contributed by atoms with Gasteiger partial charge in [-0.25, -0.2) is 9.59 Å². The van der Waals surface area contributed by atoms with E-state index in [4.69, 9.17) is 9.84 Å². The second-order valence-corrected chi connectivity index (χ2v) is 4.50. The summed E-state index contributed by atoms with van der Waals surface area (Å²) in [5.41, 5.74) is 1.01. The van der Waals surface area contributed by atoms with Gasteiger partial charge in [0.2, 0.25) is 0 Å². The fourth-order valence-corrected chi connectivity index (χ4v) is 1.38. The SMILES string of the molecule is CCCC=C(C)C(=O)OCCCCC=C(C)C(=O)O. The normalized spacial score (nSPS) is 12.4. The van der Waals surface area contributed by atoms with Crippen LogP contribution in [0.25, 0.3) is 0 Å². The summed E-state index contributed by atoms with van der Waals surface area (Å²) < 4.78 is 5.11. The molecule has 4 heteroatoms. The van der Waals surface area contributed by atoms with Crippen molar-refractivity contribution < 1.29 is 19.4 Å². The zero-order valence-electron chi connectivity index (χ0n) is 12.1. The number of hydrogen-bond acceptors (Lipinski definition) is 3. The van der Waals surface area contributed by atoms with E-state index in [-0.39, 0.29) is 5.97 Å². The molecule has 0 aromatic heterocycles. The van der Waals surface area contributed by atoms with Crippen molar-refractivity contribution in [2.24, 2.45) is 0 Å². The fourth-order valence-electron chi connectivity index (χ4n) is 1.38. The predicted molar refractivity (Wildman–Crippen MR) is 74.9 cm³/mol.